The van der Waals surface area contributed by atoms with Crippen molar-refractivity contribution in [1.82, 2.24) is 5.48 Å². The number of hydroxylamine groups is 1. The fraction of sp³-hybridized carbons (Fsp3) is 0.800. The first-order valence-corrected chi connectivity index (χ1v) is 2.63. The zero-order chi connectivity index (χ0) is 7.70. The number of rotatable bonds is 1. The van der Waals surface area contributed by atoms with Gasteiger partial charge in [-0.3, -0.25) is 4.79 Å². The Morgan fingerprint density at radius 3 is 2.11 bits per heavy atom. The lowest BCUT2D eigenvalue weighted by molar-refractivity contribution is -0.140. The van der Waals surface area contributed by atoms with Gasteiger partial charge in [0.25, 0.3) is 0 Å². The monoisotopic (exact) mass is 135 g/mol. The van der Waals surface area contributed by atoms with Gasteiger partial charge in [-0.1, -0.05) is 0 Å². The Bertz CT molecular complexity index is 65.2. The van der Waals surface area contributed by atoms with Crippen molar-refractivity contribution < 1.29 is 14.7 Å². The Kier molecular flexibility index (Phi) is 13.0. The highest BCUT2D eigenvalue weighted by atomic mass is 16.5. The summed E-state index contributed by atoms with van der Waals surface area (Å²) in [4.78, 5) is 9.82. The van der Waals surface area contributed by atoms with E-state index in [1.165, 1.54) is 14.0 Å². The van der Waals surface area contributed by atoms with Gasteiger partial charge in [0.1, 0.15) is 0 Å². The van der Waals surface area contributed by atoms with Crippen molar-refractivity contribution in [1.29, 1.82) is 0 Å². The molecule has 0 radical (unpaired) electrons. The lowest BCUT2D eigenvalue weighted by Crippen LogP contribution is -1.95. The summed E-state index contributed by atoms with van der Waals surface area (Å²) >= 11 is 0. The summed E-state index contributed by atoms with van der Waals surface area (Å²) in [6.45, 7) is 3.65. The van der Waals surface area contributed by atoms with Crippen LogP contribution in [0.15, 0.2) is 0 Å². The van der Waals surface area contributed by atoms with Crippen molar-refractivity contribution in [2.24, 2.45) is 0 Å². The fourth-order valence-electron chi connectivity index (χ4n) is 0.203. The second kappa shape index (κ2) is 10.4. The molecular weight excluding hydrogens is 122 g/mol. The molecule has 0 fully saturated rings. The van der Waals surface area contributed by atoms with Gasteiger partial charge in [-0.05, 0) is 6.92 Å². The molecule has 0 aromatic carbocycles. The van der Waals surface area contributed by atoms with E-state index < -0.39 is 0 Å². The van der Waals surface area contributed by atoms with Crippen LogP contribution in [0.3, 0.4) is 0 Å². The Morgan fingerprint density at radius 2 is 2.11 bits per heavy atom. The van der Waals surface area contributed by atoms with Crippen LogP contribution in [-0.4, -0.2) is 24.8 Å². The van der Waals surface area contributed by atoms with Crippen LogP contribution in [0.1, 0.15) is 13.8 Å². The summed E-state index contributed by atoms with van der Waals surface area (Å²) in [6, 6.07) is 0. The minimum atomic E-state index is -0.211. The molecule has 0 aromatic heterocycles. The van der Waals surface area contributed by atoms with Crippen LogP contribution in [0, 0.1) is 0 Å². The average molecular weight is 135 g/mol. The summed E-state index contributed by atoms with van der Waals surface area (Å²) in [5.74, 6) is -0.211. The molecule has 0 saturated heterocycles. The van der Waals surface area contributed by atoms with Gasteiger partial charge >= 0.3 is 5.97 Å². The predicted octanol–water partition coefficient (Wildman–Crippen LogP) is 0.164. The van der Waals surface area contributed by atoms with Crippen molar-refractivity contribution in [3.8, 4) is 0 Å². The number of esters is 1. The molecule has 0 aliphatic carbocycles. The van der Waals surface area contributed by atoms with Crippen molar-refractivity contribution in [3.05, 3.63) is 0 Å². The van der Waals surface area contributed by atoms with Gasteiger partial charge in [0.05, 0.1) is 6.61 Å². The van der Waals surface area contributed by atoms with Crippen LogP contribution >= 0.6 is 0 Å². The van der Waals surface area contributed by atoms with Crippen LogP contribution in [-0.2, 0) is 9.53 Å². The molecule has 56 valence electrons. The first kappa shape index (κ1) is 11.2. The predicted molar refractivity (Wildman–Crippen MR) is 33.2 cm³/mol. The third-order valence-corrected chi connectivity index (χ3v) is 0.348. The first-order valence-electron chi connectivity index (χ1n) is 2.63. The largest absolute Gasteiger partial charge is 0.466 e. The molecule has 0 rings (SSSR count). The molecule has 0 heterocycles. The zero-order valence-electron chi connectivity index (χ0n) is 5.97. The maximum absolute atomic E-state index is 9.82. The van der Waals surface area contributed by atoms with E-state index in [1.54, 1.807) is 12.4 Å². The molecule has 0 saturated carbocycles. The van der Waals surface area contributed by atoms with Gasteiger partial charge in [0, 0.05) is 14.0 Å². The third kappa shape index (κ3) is 37.6. The lowest BCUT2D eigenvalue weighted by atomic mass is 10.8. The molecule has 0 bridgehead atoms. The van der Waals surface area contributed by atoms with Crippen molar-refractivity contribution in [2.45, 2.75) is 13.8 Å². The van der Waals surface area contributed by atoms with E-state index in [-0.39, 0.29) is 5.97 Å². The van der Waals surface area contributed by atoms with E-state index in [0.29, 0.717) is 6.61 Å². The van der Waals surface area contributed by atoms with E-state index in [0.717, 1.165) is 0 Å². The van der Waals surface area contributed by atoms with Crippen LogP contribution in [0.2, 0.25) is 0 Å². The number of nitrogens with one attached hydrogen (secondary N) is 1. The van der Waals surface area contributed by atoms with Crippen LogP contribution in [0.4, 0.5) is 0 Å². The third-order valence-electron chi connectivity index (χ3n) is 0.348. The number of ether oxygens (including phenoxy) is 1. The van der Waals surface area contributed by atoms with Crippen molar-refractivity contribution >= 4 is 5.97 Å². The zero-order valence-corrected chi connectivity index (χ0v) is 5.97. The molecule has 0 aromatic rings. The lowest BCUT2D eigenvalue weighted by Gasteiger charge is -1.89. The molecule has 9 heavy (non-hydrogen) atoms. The number of carbonyl (C=O) groups is 1. The molecule has 0 atom stereocenters. The van der Waals surface area contributed by atoms with E-state index in [4.69, 9.17) is 5.21 Å². The Balaban J connectivity index is 0. The maximum Gasteiger partial charge on any atom is 0.302 e. The molecule has 4 heteroatoms. The van der Waals surface area contributed by atoms with Crippen molar-refractivity contribution in [2.75, 3.05) is 13.7 Å². The van der Waals surface area contributed by atoms with Crippen LogP contribution in [0.25, 0.3) is 0 Å². The average Bonchev–Trinajstić information content (AvgIpc) is 1.67. The molecule has 2 N–H and O–H groups in total. The smallest absolute Gasteiger partial charge is 0.302 e. The SMILES string of the molecule is CCOC(C)=O.CNO. The van der Waals surface area contributed by atoms with Gasteiger partial charge in [-0.25, -0.2) is 5.48 Å². The van der Waals surface area contributed by atoms with Crippen molar-refractivity contribution in [3.63, 3.8) is 0 Å². The quantitative estimate of drug-likeness (QED) is 0.397. The fourth-order valence-corrected chi connectivity index (χ4v) is 0.203. The van der Waals surface area contributed by atoms with Gasteiger partial charge in [-0.2, -0.15) is 0 Å². The number of hydrogen-bond acceptors (Lipinski definition) is 4. The second-order valence-corrected chi connectivity index (χ2v) is 1.15. The van der Waals surface area contributed by atoms with E-state index in [2.05, 4.69) is 4.74 Å². The van der Waals surface area contributed by atoms with E-state index in [1.807, 2.05) is 0 Å². The summed E-state index contributed by atoms with van der Waals surface area (Å²) < 4.78 is 4.40. The highest BCUT2D eigenvalue weighted by Crippen LogP contribution is 1.69. The number of hydrogen-bond donors (Lipinski definition) is 2. The van der Waals surface area contributed by atoms with Gasteiger partial charge in [0.15, 0.2) is 0 Å². The highest BCUT2D eigenvalue weighted by molar-refractivity contribution is 5.65. The second-order valence-electron chi connectivity index (χ2n) is 1.15. The van der Waals surface area contributed by atoms with Crippen LogP contribution < -0.4 is 5.48 Å². The van der Waals surface area contributed by atoms with Gasteiger partial charge < -0.3 is 9.94 Å². The van der Waals surface area contributed by atoms with E-state index in [9.17, 15) is 4.79 Å². The maximum atomic E-state index is 9.82. The first-order chi connectivity index (χ1) is 4.18. The Labute approximate surface area is 54.8 Å². The standard InChI is InChI=1S/C4H8O2.CH5NO/c1-3-6-4(2)5;1-2-3/h3H2,1-2H3;2-3H,1H3. The highest BCUT2D eigenvalue weighted by Gasteiger charge is 1.81. The summed E-state index contributed by atoms with van der Waals surface area (Å²) in [7, 11) is 1.43. The van der Waals surface area contributed by atoms with E-state index >= 15 is 0 Å². The topological polar surface area (TPSA) is 58.6 Å². The minimum Gasteiger partial charge on any atom is -0.466 e. The molecule has 0 aliphatic heterocycles. The minimum absolute atomic E-state index is 0.211. The summed E-state index contributed by atoms with van der Waals surface area (Å²) in [5.41, 5.74) is 1.75. The molecule has 0 amide bonds. The molecule has 0 unspecified atom stereocenters. The van der Waals surface area contributed by atoms with Crippen LogP contribution in [0.5, 0.6) is 0 Å². The summed E-state index contributed by atoms with van der Waals surface area (Å²) in [6.07, 6.45) is 0. The Morgan fingerprint density at radius 1 is 1.78 bits per heavy atom. The normalized spacial score (nSPS) is 7.11. The summed E-state index contributed by atoms with van der Waals surface area (Å²) in [5, 5.41) is 7.32. The molecule has 0 spiro atoms. The molecule has 4 nitrogen and oxygen atoms in total. The van der Waals surface area contributed by atoms with Gasteiger partial charge in [-0.15, -0.1) is 0 Å². The number of carbonyl (C=O) groups excluding carboxylic acids is 1. The molecular formula is C5H13NO3. The van der Waals surface area contributed by atoms with Gasteiger partial charge in [0.2, 0.25) is 0 Å². The Hall–Kier alpha value is -0.610. The molecule has 0 aliphatic rings.